The van der Waals surface area contributed by atoms with Crippen molar-refractivity contribution in [3.8, 4) is 5.75 Å². The molecule has 0 radical (unpaired) electrons. The van der Waals surface area contributed by atoms with Gasteiger partial charge < -0.3 is 15.8 Å². The molecule has 1 fully saturated rings. The van der Waals surface area contributed by atoms with Crippen LogP contribution in [0, 0.1) is 0 Å². The van der Waals surface area contributed by atoms with Gasteiger partial charge in [-0.05, 0) is 43.4 Å². The van der Waals surface area contributed by atoms with Gasteiger partial charge >= 0.3 is 0 Å². The lowest BCUT2D eigenvalue weighted by Gasteiger charge is -2.06. The van der Waals surface area contributed by atoms with Crippen LogP contribution in [0.15, 0.2) is 29.3 Å². The van der Waals surface area contributed by atoms with E-state index in [1.54, 1.807) is 0 Å². The predicted octanol–water partition coefficient (Wildman–Crippen LogP) is 2.08. The van der Waals surface area contributed by atoms with Gasteiger partial charge in [0.25, 0.3) is 0 Å². The molecule has 1 aliphatic rings. The third kappa shape index (κ3) is 5.20. The van der Waals surface area contributed by atoms with Gasteiger partial charge in [-0.15, -0.1) is 0 Å². The molecular weight excluding hydrogens is 238 g/mol. The maximum absolute atomic E-state index is 5.79. The fourth-order valence-corrected chi connectivity index (χ4v) is 1.80. The monoisotopic (exact) mass is 261 g/mol. The summed E-state index contributed by atoms with van der Waals surface area (Å²) in [7, 11) is 0. The summed E-state index contributed by atoms with van der Waals surface area (Å²) < 4.78 is 5.61. The summed E-state index contributed by atoms with van der Waals surface area (Å²) in [5, 5.41) is 3.18. The van der Waals surface area contributed by atoms with Gasteiger partial charge in [0.2, 0.25) is 0 Å². The molecule has 0 amide bonds. The zero-order valence-corrected chi connectivity index (χ0v) is 11.6. The Morgan fingerprint density at radius 2 is 2.32 bits per heavy atom. The van der Waals surface area contributed by atoms with Crippen molar-refractivity contribution >= 4 is 5.96 Å². The Labute approximate surface area is 115 Å². The standard InChI is InChI=1S/C15H23N3O/c1-2-10-19-14-5-3-4-12(11-14)8-9-17-15(16)18-13-6-7-13/h3-5,11,13H,2,6-10H2,1H3,(H3,16,17,18). The number of nitrogens with two attached hydrogens (primary N) is 1. The van der Waals surface area contributed by atoms with Gasteiger partial charge in [0.1, 0.15) is 5.75 Å². The van der Waals surface area contributed by atoms with Crippen LogP contribution in [0.25, 0.3) is 0 Å². The first-order valence-electron chi connectivity index (χ1n) is 7.06. The Bertz CT molecular complexity index is 427. The zero-order chi connectivity index (χ0) is 13.5. The number of hydrogen-bond acceptors (Lipinski definition) is 2. The van der Waals surface area contributed by atoms with Crippen molar-refractivity contribution < 1.29 is 4.74 Å². The minimum Gasteiger partial charge on any atom is -0.494 e. The Hall–Kier alpha value is -1.71. The van der Waals surface area contributed by atoms with E-state index < -0.39 is 0 Å². The quantitative estimate of drug-likeness (QED) is 0.583. The van der Waals surface area contributed by atoms with Gasteiger partial charge in [0.05, 0.1) is 6.61 Å². The molecule has 1 aromatic rings. The van der Waals surface area contributed by atoms with Crippen molar-refractivity contribution in [3.05, 3.63) is 29.8 Å². The Morgan fingerprint density at radius 1 is 1.47 bits per heavy atom. The third-order valence-electron chi connectivity index (χ3n) is 2.98. The molecule has 0 heterocycles. The van der Waals surface area contributed by atoms with Crippen LogP contribution in [0.4, 0.5) is 0 Å². The number of ether oxygens (including phenoxy) is 1. The highest BCUT2D eigenvalue weighted by Crippen LogP contribution is 2.18. The Morgan fingerprint density at radius 3 is 3.05 bits per heavy atom. The number of nitrogens with one attached hydrogen (secondary N) is 1. The topological polar surface area (TPSA) is 59.6 Å². The molecular formula is C15H23N3O. The summed E-state index contributed by atoms with van der Waals surface area (Å²) >= 11 is 0. The van der Waals surface area contributed by atoms with Gasteiger partial charge in [0, 0.05) is 12.6 Å². The lowest BCUT2D eigenvalue weighted by molar-refractivity contribution is 0.317. The van der Waals surface area contributed by atoms with E-state index in [0.717, 1.165) is 25.2 Å². The van der Waals surface area contributed by atoms with Gasteiger partial charge in [0.15, 0.2) is 5.96 Å². The fourth-order valence-electron chi connectivity index (χ4n) is 1.80. The number of benzene rings is 1. The van der Waals surface area contributed by atoms with E-state index in [9.17, 15) is 0 Å². The average molecular weight is 261 g/mol. The maximum atomic E-state index is 5.79. The number of guanidine groups is 1. The van der Waals surface area contributed by atoms with Crippen molar-refractivity contribution in [1.82, 2.24) is 5.32 Å². The molecule has 1 saturated carbocycles. The second kappa shape index (κ2) is 7.02. The molecule has 0 aliphatic heterocycles. The molecule has 3 N–H and O–H groups in total. The van der Waals surface area contributed by atoms with Crippen molar-refractivity contribution in [2.45, 2.75) is 38.6 Å². The minimum absolute atomic E-state index is 0.564. The normalized spacial score (nSPS) is 15.3. The molecule has 1 aromatic carbocycles. The number of aliphatic imine (C=N–C) groups is 1. The fraction of sp³-hybridized carbons (Fsp3) is 0.533. The first kappa shape index (κ1) is 13.7. The van der Waals surface area contributed by atoms with E-state index in [-0.39, 0.29) is 0 Å². The molecule has 0 unspecified atom stereocenters. The molecule has 19 heavy (non-hydrogen) atoms. The summed E-state index contributed by atoms with van der Waals surface area (Å²) in [6.07, 6.45) is 4.34. The molecule has 0 spiro atoms. The van der Waals surface area contributed by atoms with Crippen LogP contribution in [0.5, 0.6) is 5.75 Å². The van der Waals surface area contributed by atoms with Crippen molar-refractivity contribution in [3.63, 3.8) is 0 Å². The molecule has 0 atom stereocenters. The molecule has 2 rings (SSSR count). The molecule has 0 aromatic heterocycles. The zero-order valence-electron chi connectivity index (χ0n) is 11.6. The van der Waals surface area contributed by atoms with E-state index >= 15 is 0 Å². The molecule has 0 bridgehead atoms. The predicted molar refractivity (Wildman–Crippen MR) is 78.6 cm³/mol. The Kier molecular flexibility index (Phi) is 5.07. The summed E-state index contributed by atoms with van der Waals surface area (Å²) in [6, 6.07) is 8.75. The molecule has 104 valence electrons. The maximum Gasteiger partial charge on any atom is 0.188 e. The van der Waals surface area contributed by atoms with Gasteiger partial charge in [-0.2, -0.15) is 0 Å². The first-order valence-corrected chi connectivity index (χ1v) is 7.06. The molecule has 4 heteroatoms. The van der Waals surface area contributed by atoms with Crippen LogP contribution in [0.2, 0.25) is 0 Å². The van der Waals surface area contributed by atoms with Gasteiger partial charge in [-0.3, -0.25) is 4.99 Å². The number of rotatable bonds is 7. The third-order valence-corrected chi connectivity index (χ3v) is 2.98. The van der Waals surface area contributed by atoms with Crippen LogP contribution in [-0.2, 0) is 6.42 Å². The van der Waals surface area contributed by atoms with E-state index in [4.69, 9.17) is 10.5 Å². The van der Waals surface area contributed by atoms with Crippen molar-refractivity contribution in [2.75, 3.05) is 13.2 Å². The highest BCUT2D eigenvalue weighted by atomic mass is 16.5. The summed E-state index contributed by atoms with van der Waals surface area (Å²) in [4.78, 5) is 4.33. The van der Waals surface area contributed by atoms with E-state index in [2.05, 4.69) is 29.4 Å². The summed E-state index contributed by atoms with van der Waals surface area (Å²) in [5.41, 5.74) is 7.02. The lowest BCUT2D eigenvalue weighted by Crippen LogP contribution is -2.33. The van der Waals surface area contributed by atoms with Gasteiger partial charge in [-0.1, -0.05) is 19.1 Å². The van der Waals surface area contributed by atoms with E-state index in [1.165, 1.54) is 18.4 Å². The van der Waals surface area contributed by atoms with Crippen LogP contribution >= 0.6 is 0 Å². The molecule has 1 aliphatic carbocycles. The highest BCUT2D eigenvalue weighted by molar-refractivity contribution is 5.78. The number of hydrogen-bond donors (Lipinski definition) is 2. The van der Waals surface area contributed by atoms with Crippen molar-refractivity contribution in [2.24, 2.45) is 10.7 Å². The minimum atomic E-state index is 0.564. The second-order valence-electron chi connectivity index (χ2n) is 4.93. The van der Waals surface area contributed by atoms with Crippen LogP contribution in [0.1, 0.15) is 31.7 Å². The largest absolute Gasteiger partial charge is 0.494 e. The van der Waals surface area contributed by atoms with E-state index in [0.29, 0.717) is 18.5 Å². The Balaban J connectivity index is 1.77. The summed E-state index contributed by atoms with van der Waals surface area (Å²) in [6.45, 7) is 3.58. The summed E-state index contributed by atoms with van der Waals surface area (Å²) in [5.74, 6) is 1.51. The van der Waals surface area contributed by atoms with E-state index in [1.807, 2.05) is 12.1 Å². The molecule has 4 nitrogen and oxygen atoms in total. The lowest BCUT2D eigenvalue weighted by atomic mass is 10.1. The second-order valence-corrected chi connectivity index (χ2v) is 4.93. The van der Waals surface area contributed by atoms with Crippen molar-refractivity contribution in [1.29, 1.82) is 0 Å². The average Bonchev–Trinajstić information content (AvgIpc) is 3.21. The van der Waals surface area contributed by atoms with Gasteiger partial charge in [-0.25, -0.2) is 0 Å². The van der Waals surface area contributed by atoms with Crippen LogP contribution < -0.4 is 15.8 Å². The smallest absolute Gasteiger partial charge is 0.188 e. The molecule has 0 saturated heterocycles. The number of nitrogens with zero attached hydrogens (tertiary/aromatic N) is 1. The highest BCUT2D eigenvalue weighted by Gasteiger charge is 2.21. The first-order chi connectivity index (χ1) is 9.28. The van der Waals surface area contributed by atoms with Crippen LogP contribution in [0.3, 0.4) is 0 Å². The SMILES string of the molecule is CCCOc1cccc(CCN=C(N)NC2CC2)c1. The van der Waals surface area contributed by atoms with Crippen LogP contribution in [-0.4, -0.2) is 25.2 Å².